The van der Waals surface area contributed by atoms with Crippen LogP contribution >= 0.6 is 0 Å². The Kier molecular flexibility index (Phi) is 6.28. The first-order valence-corrected chi connectivity index (χ1v) is 10.4. The van der Waals surface area contributed by atoms with Gasteiger partial charge in [0.25, 0.3) is 5.91 Å². The molecule has 158 valence electrons. The fourth-order valence-corrected chi connectivity index (χ4v) is 3.91. The van der Waals surface area contributed by atoms with E-state index in [0.717, 1.165) is 31.4 Å². The van der Waals surface area contributed by atoms with Crippen LogP contribution in [0.1, 0.15) is 35.2 Å². The molecular formula is C23H26FN3O3. The standard InChI is InChI=1S/C23H26FN3O3/c24-19-9-7-17(8-10-19)16-26-11-3-12-27(23(26)29)20-5-1-4-18(14-20)22(28)25-15-21-6-2-13-30-21/h1,4-5,7-10,14,21H,2-3,6,11-13,15-16H2,(H,25,28)/t21-/m1/s1. The SMILES string of the molecule is O=C(NC[C@H]1CCCO1)c1cccc(N2CCCN(Cc3ccc(F)cc3)C2=O)c1. The zero-order valence-electron chi connectivity index (χ0n) is 16.9. The Morgan fingerprint density at radius 2 is 1.97 bits per heavy atom. The van der Waals surface area contributed by atoms with Gasteiger partial charge in [0, 0.05) is 44.0 Å². The maximum atomic E-state index is 13.1. The van der Waals surface area contributed by atoms with Gasteiger partial charge in [0.05, 0.1) is 6.10 Å². The number of carbonyl (C=O) groups is 2. The molecule has 1 N–H and O–H groups in total. The number of amides is 3. The minimum atomic E-state index is -0.292. The molecule has 2 aromatic rings. The fourth-order valence-electron chi connectivity index (χ4n) is 3.91. The van der Waals surface area contributed by atoms with Gasteiger partial charge in [0.1, 0.15) is 5.82 Å². The van der Waals surface area contributed by atoms with Crippen molar-refractivity contribution in [2.24, 2.45) is 0 Å². The summed E-state index contributed by atoms with van der Waals surface area (Å²) in [5.74, 6) is -0.458. The number of urea groups is 1. The van der Waals surface area contributed by atoms with E-state index >= 15 is 0 Å². The first kappa shape index (κ1) is 20.3. The molecule has 0 spiro atoms. The summed E-state index contributed by atoms with van der Waals surface area (Å²) < 4.78 is 18.7. The summed E-state index contributed by atoms with van der Waals surface area (Å²) in [6.07, 6.45) is 2.90. The van der Waals surface area contributed by atoms with E-state index in [4.69, 9.17) is 4.74 Å². The number of hydrogen-bond acceptors (Lipinski definition) is 3. The summed E-state index contributed by atoms with van der Waals surface area (Å²) >= 11 is 0. The van der Waals surface area contributed by atoms with Crippen molar-refractivity contribution in [1.82, 2.24) is 10.2 Å². The van der Waals surface area contributed by atoms with Gasteiger partial charge in [-0.3, -0.25) is 9.69 Å². The van der Waals surface area contributed by atoms with Crippen molar-refractivity contribution in [3.05, 3.63) is 65.5 Å². The molecule has 0 aromatic heterocycles. The number of ether oxygens (including phenoxy) is 1. The highest BCUT2D eigenvalue weighted by Crippen LogP contribution is 2.23. The Balaban J connectivity index is 1.42. The molecule has 2 aromatic carbocycles. The summed E-state index contributed by atoms with van der Waals surface area (Å²) in [5, 5.41) is 2.92. The normalized spacial score (nSPS) is 19.2. The van der Waals surface area contributed by atoms with Crippen LogP contribution in [-0.4, -0.2) is 49.2 Å². The molecule has 30 heavy (non-hydrogen) atoms. The summed E-state index contributed by atoms with van der Waals surface area (Å²) in [6, 6.07) is 13.2. The molecule has 3 amide bonds. The number of nitrogens with one attached hydrogen (secondary N) is 1. The molecule has 0 saturated carbocycles. The second kappa shape index (κ2) is 9.26. The van der Waals surface area contributed by atoms with Crippen molar-refractivity contribution in [1.29, 1.82) is 0 Å². The molecule has 0 aliphatic carbocycles. The van der Waals surface area contributed by atoms with Gasteiger partial charge in [0.2, 0.25) is 0 Å². The lowest BCUT2D eigenvalue weighted by Crippen LogP contribution is -2.49. The zero-order valence-corrected chi connectivity index (χ0v) is 16.9. The van der Waals surface area contributed by atoms with Gasteiger partial charge in [-0.1, -0.05) is 18.2 Å². The third-order valence-electron chi connectivity index (χ3n) is 5.53. The van der Waals surface area contributed by atoms with Gasteiger partial charge >= 0.3 is 6.03 Å². The van der Waals surface area contributed by atoms with Crippen LogP contribution < -0.4 is 10.2 Å². The molecular weight excluding hydrogens is 385 g/mol. The minimum Gasteiger partial charge on any atom is -0.376 e. The lowest BCUT2D eigenvalue weighted by molar-refractivity contribution is 0.0857. The number of hydrogen-bond donors (Lipinski definition) is 1. The van der Waals surface area contributed by atoms with Crippen LogP contribution in [0.3, 0.4) is 0 Å². The van der Waals surface area contributed by atoms with Gasteiger partial charge in [-0.05, 0) is 55.2 Å². The molecule has 2 saturated heterocycles. The summed E-state index contributed by atoms with van der Waals surface area (Å²) in [6.45, 7) is 2.92. The number of halogens is 1. The van der Waals surface area contributed by atoms with Crippen LogP contribution in [0.25, 0.3) is 0 Å². The molecule has 0 bridgehead atoms. The minimum absolute atomic E-state index is 0.0841. The van der Waals surface area contributed by atoms with Crippen molar-refractivity contribution < 1.29 is 18.7 Å². The number of carbonyl (C=O) groups excluding carboxylic acids is 2. The van der Waals surface area contributed by atoms with Crippen molar-refractivity contribution in [3.8, 4) is 0 Å². The van der Waals surface area contributed by atoms with E-state index < -0.39 is 0 Å². The monoisotopic (exact) mass is 411 g/mol. The largest absolute Gasteiger partial charge is 0.376 e. The maximum Gasteiger partial charge on any atom is 0.324 e. The molecule has 2 fully saturated rings. The van der Waals surface area contributed by atoms with Crippen molar-refractivity contribution in [3.63, 3.8) is 0 Å². The van der Waals surface area contributed by atoms with Crippen molar-refractivity contribution in [2.45, 2.75) is 31.9 Å². The number of nitrogens with zero attached hydrogens (tertiary/aromatic N) is 2. The lowest BCUT2D eigenvalue weighted by Gasteiger charge is -2.35. The molecule has 6 nitrogen and oxygen atoms in total. The quantitative estimate of drug-likeness (QED) is 0.791. The third-order valence-corrected chi connectivity index (χ3v) is 5.53. The summed E-state index contributed by atoms with van der Waals surface area (Å²) in [4.78, 5) is 29.0. The van der Waals surface area contributed by atoms with Gasteiger partial charge in [0.15, 0.2) is 0 Å². The molecule has 4 rings (SSSR count). The van der Waals surface area contributed by atoms with Crippen LogP contribution in [0.2, 0.25) is 0 Å². The van der Waals surface area contributed by atoms with E-state index in [-0.39, 0.29) is 23.9 Å². The molecule has 0 unspecified atom stereocenters. The fraction of sp³-hybridized carbons (Fsp3) is 0.391. The van der Waals surface area contributed by atoms with Crippen LogP contribution in [0.4, 0.5) is 14.9 Å². The number of benzene rings is 2. The highest BCUT2D eigenvalue weighted by atomic mass is 19.1. The van der Waals surface area contributed by atoms with E-state index in [1.54, 1.807) is 40.1 Å². The second-order valence-corrected chi connectivity index (χ2v) is 7.73. The van der Waals surface area contributed by atoms with Gasteiger partial charge in [-0.25, -0.2) is 9.18 Å². The Morgan fingerprint density at radius 3 is 2.73 bits per heavy atom. The molecule has 2 aliphatic heterocycles. The first-order valence-electron chi connectivity index (χ1n) is 10.4. The smallest absolute Gasteiger partial charge is 0.324 e. The maximum absolute atomic E-state index is 13.1. The van der Waals surface area contributed by atoms with E-state index in [1.807, 2.05) is 6.07 Å². The number of rotatable bonds is 6. The van der Waals surface area contributed by atoms with E-state index in [0.29, 0.717) is 37.4 Å². The third kappa shape index (κ3) is 4.79. The van der Waals surface area contributed by atoms with Gasteiger partial charge in [-0.15, -0.1) is 0 Å². The Hall–Kier alpha value is -2.93. The average molecular weight is 411 g/mol. The average Bonchev–Trinajstić information content (AvgIpc) is 3.29. The lowest BCUT2D eigenvalue weighted by atomic mass is 10.1. The van der Waals surface area contributed by atoms with E-state index in [2.05, 4.69) is 5.32 Å². The summed E-state index contributed by atoms with van der Waals surface area (Å²) in [7, 11) is 0. The molecule has 1 atom stereocenters. The van der Waals surface area contributed by atoms with Crippen LogP contribution in [0, 0.1) is 5.82 Å². The van der Waals surface area contributed by atoms with E-state index in [1.165, 1.54) is 12.1 Å². The highest BCUT2D eigenvalue weighted by Gasteiger charge is 2.27. The second-order valence-electron chi connectivity index (χ2n) is 7.73. The molecule has 7 heteroatoms. The molecule has 0 radical (unpaired) electrons. The van der Waals surface area contributed by atoms with Crippen molar-refractivity contribution >= 4 is 17.6 Å². The Labute approximate surface area is 175 Å². The highest BCUT2D eigenvalue weighted by molar-refractivity contribution is 5.98. The number of anilines is 1. The van der Waals surface area contributed by atoms with Crippen LogP contribution in [0.15, 0.2) is 48.5 Å². The molecule has 2 heterocycles. The van der Waals surface area contributed by atoms with Gasteiger partial charge < -0.3 is 15.0 Å². The van der Waals surface area contributed by atoms with Gasteiger partial charge in [-0.2, -0.15) is 0 Å². The Bertz CT molecular complexity index is 897. The predicted octanol–water partition coefficient (Wildman–Crippen LogP) is 3.57. The molecule has 2 aliphatic rings. The summed E-state index contributed by atoms with van der Waals surface area (Å²) in [5.41, 5.74) is 2.11. The Morgan fingerprint density at radius 1 is 1.13 bits per heavy atom. The van der Waals surface area contributed by atoms with E-state index in [9.17, 15) is 14.0 Å². The predicted molar refractivity (Wildman–Crippen MR) is 112 cm³/mol. The topological polar surface area (TPSA) is 61.9 Å². The first-order chi connectivity index (χ1) is 14.6. The van der Waals surface area contributed by atoms with Crippen molar-refractivity contribution in [2.75, 3.05) is 31.1 Å². The zero-order chi connectivity index (χ0) is 20.9. The van der Waals surface area contributed by atoms with Crippen LogP contribution in [-0.2, 0) is 11.3 Å². The van der Waals surface area contributed by atoms with Crippen LogP contribution in [0.5, 0.6) is 0 Å².